The zero-order valence-electron chi connectivity index (χ0n) is 10.1. The predicted octanol–water partition coefficient (Wildman–Crippen LogP) is 2.45. The number of aromatic nitrogens is 2. The van der Waals surface area contributed by atoms with Crippen molar-refractivity contribution in [1.82, 2.24) is 14.9 Å². The fourth-order valence-corrected chi connectivity index (χ4v) is 2.42. The lowest BCUT2D eigenvalue weighted by Crippen LogP contribution is -2.27. The fourth-order valence-electron chi connectivity index (χ4n) is 1.83. The minimum Gasteiger partial charge on any atom is -0.330 e. The lowest BCUT2D eigenvalue weighted by Gasteiger charge is -2.14. The Hall–Kier alpha value is -0.480. The van der Waals surface area contributed by atoms with E-state index in [4.69, 9.17) is 0 Å². The first-order valence-corrected chi connectivity index (χ1v) is 7.43. The number of hydrogen-bond donors (Lipinski definition) is 1. The summed E-state index contributed by atoms with van der Waals surface area (Å²) in [5.74, 6) is 1.23. The van der Waals surface area contributed by atoms with Crippen molar-refractivity contribution in [2.45, 2.75) is 44.8 Å². The molecule has 0 bridgehead atoms. The van der Waals surface area contributed by atoms with Crippen molar-refractivity contribution in [3.63, 3.8) is 0 Å². The molecule has 1 saturated carbocycles. The maximum absolute atomic E-state index is 4.24. The third-order valence-electron chi connectivity index (χ3n) is 3.07. The van der Waals surface area contributed by atoms with Gasteiger partial charge in [-0.1, -0.05) is 0 Å². The zero-order chi connectivity index (χ0) is 11.4. The molecule has 0 aromatic carbocycles. The van der Waals surface area contributed by atoms with E-state index in [1.54, 1.807) is 0 Å². The van der Waals surface area contributed by atoms with E-state index in [1.807, 2.05) is 24.3 Å². The summed E-state index contributed by atoms with van der Waals surface area (Å²) >= 11 is 1.91. The third-order valence-corrected chi connectivity index (χ3v) is 3.72. The predicted molar refractivity (Wildman–Crippen MR) is 69.8 cm³/mol. The van der Waals surface area contributed by atoms with Crippen molar-refractivity contribution in [3.8, 4) is 0 Å². The molecule has 0 radical (unpaired) electrons. The second-order valence-corrected chi connectivity index (χ2v) is 5.57. The van der Waals surface area contributed by atoms with Crippen LogP contribution in [0.4, 0.5) is 0 Å². The second kappa shape index (κ2) is 5.73. The standard InChI is InChI=1S/C12H21N3S/c1-10(5-6-16-2)14-8-12-7-13-9-15(12)11-3-4-11/h7,9-11,14H,3-6,8H2,1-2H3. The van der Waals surface area contributed by atoms with Crippen LogP contribution in [0.25, 0.3) is 0 Å². The van der Waals surface area contributed by atoms with Crippen molar-refractivity contribution < 1.29 is 0 Å². The van der Waals surface area contributed by atoms with Gasteiger partial charge in [-0.3, -0.25) is 0 Å². The average molecular weight is 239 g/mol. The van der Waals surface area contributed by atoms with E-state index in [0.29, 0.717) is 6.04 Å². The Morgan fingerprint density at radius 3 is 3.12 bits per heavy atom. The fraction of sp³-hybridized carbons (Fsp3) is 0.750. The smallest absolute Gasteiger partial charge is 0.0951 e. The zero-order valence-corrected chi connectivity index (χ0v) is 11.0. The van der Waals surface area contributed by atoms with Crippen LogP contribution in [0.1, 0.15) is 37.9 Å². The molecule has 90 valence electrons. The molecule has 4 heteroatoms. The Balaban J connectivity index is 1.77. The molecule has 1 fully saturated rings. The first kappa shape index (κ1) is 12.0. The molecule has 0 amide bonds. The van der Waals surface area contributed by atoms with Crippen LogP contribution >= 0.6 is 11.8 Å². The molecule has 1 aliphatic rings. The van der Waals surface area contributed by atoms with Crippen molar-refractivity contribution in [1.29, 1.82) is 0 Å². The maximum atomic E-state index is 4.24. The van der Waals surface area contributed by atoms with Gasteiger partial charge in [0.15, 0.2) is 0 Å². The minimum absolute atomic E-state index is 0.593. The Morgan fingerprint density at radius 1 is 1.62 bits per heavy atom. The van der Waals surface area contributed by atoms with Crippen molar-refractivity contribution >= 4 is 11.8 Å². The average Bonchev–Trinajstić information content (AvgIpc) is 3.03. The van der Waals surface area contributed by atoms with Crippen LogP contribution in [0.15, 0.2) is 12.5 Å². The van der Waals surface area contributed by atoms with Crippen LogP contribution in [0.2, 0.25) is 0 Å². The summed E-state index contributed by atoms with van der Waals surface area (Å²) in [5, 5.41) is 3.57. The molecular weight excluding hydrogens is 218 g/mol. The molecule has 3 nitrogen and oxygen atoms in total. The second-order valence-electron chi connectivity index (χ2n) is 4.59. The monoisotopic (exact) mass is 239 g/mol. The summed E-state index contributed by atoms with van der Waals surface area (Å²) in [6.45, 7) is 3.21. The van der Waals surface area contributed by atoms with Crippen LogP contribution in [-0.4, -0.2) is 27.6 Å². The van der Waals surface area contributed by atoms with E-state index >= 15 is 0 Å². The molecule has 1 aliphatic carbocycles. The van der Waals surface area contributed by atoms with Gasteiger partial charge in [-0.25, -0.2) is 4.98 Å². The first-order chi connectivity index (χ1) is 7.81. The molecule has 1 atom stereocenters. The SMILES string of the molecule is CSCCC(C)NCc1cncn1C1CC1. The lowest BCUT2D eigenvalue weighted by molar-refractivity contribution is 0.518. The Kier molecular flexibility index (Phi) is 4.29. The van der Waals surface area contributed by atoms with Gasteiger partial charge in [0.25, 0.3) is 0 Å². The molecule has 1 N–H and O–H groups in total. The Labute approximate surface area is 102 Å². The number of hydrogen-bond acceptors (Lipinski definition) is 3. The number of thioether (sulfide) groups is 1. The molecule has 0 saturated heterocycles. The van der Waals surface area contributed by atoms with Gasteiger partial charge >= 0.3 is 0 Å². The summed E-state index contributed by atoms with van der Waals surface area (Å²) in [6, 6.07) is 1.33. The highest BCUT2D eigenvalue weighted by atomic mass is 32.2. The van der Waals surface area contributed by atoms with Gasteiger partial charge in [0, 0.05) is 24.8 Å². The number of rotatable bonds is 7. The highest BCUT2D eigenvalue weighted by Crippen LogP contribution is 2.35. The van der Waals surface area contributed by atoms with E-state index in [-0.39, 0.29) is 0 Å². The van der Waals surface area contributed by atoms with Crippen molar-refractivity contribution in [3.05, 3.63) is 18.2 Å². The highest BCUT2D eigenvalue weighted by molar-refractivity contribution is 7.98. The van der Waals surface area contributed by atoms with E-state index < -0.39 is 0 Å². The van der Waals surface area contributed by atoms with E-state index in [2.05, 4.69) is 28.0 Å². The number of imidazole rings is 1. The van der Waals surface area contributed by atoms with Crippen molar-refractivity contribution in [2.24, 2.45) is 0 Å². The molecule has 16 heavy (non-hydrogen) atoms. The van der Waals surface area contributed by atoms with E-state index in [0.717, 1.165) is 12.6 Å². The Bertz CT molecular complexity index is 320. The molecular formula is C12H21N3S. The van der Waals surface area contributed by atoms with Gasteiger partial charge in [-0.15, -0.1) is 0 Å². The molecule has 1 heterocycles. The molecule has 1 aromatic rings. The summed E-state index contributed by atoms with van der Waals surface area (Å²) in [4.78, 5) is 4.24. The summed E-state index contributed by atoms with van der Waals surface area (Å²) < 4.78 is 2.33. The van der Waals surface area contributed by atoms with Crippen LogP contribution in [-0.2, 0) is 6.54 Å². The molecule has 0 spiro atoms. The summed E-state index contributed by atoms with van der Waals surface area (Å²) in [7, 11) is 0. The molecule has 1 aromatic heterocycles. The normalized spacial score (nSPS) is 17.6. The number of nitrogens with one attached hydrogen (secondary N) is 1. The quantitative estimate of drug-likeness (QED) is 0.792. The topological polar surface area (TPSA) is 29.9 Å². The highest BCUT2D eigenvalue weighted by Gasteiger charge is 2.24. The summed E-state index contributed by atoms with van der Waals surface area (Å²) in [5.41, 5.74) is 1.33. The van der Waals surface area contributed by atoms with Gasteiger partial charge in [0.1, 0.15) is 0 Å². The van der Waals surface area contributed by atoms with Gasteiger partial charge in [0.05, 0.1) is 12.0 Å². The van der Waals surface area contributed by atoms with Crippen LogP contribution < -0.4 is 5.32 Å². The largest absolute Gasteiger partial charge is 0.330 e. The molecule has 1 unspecified atom stereocenters. The van der Waals surface area contributed by atoms with Gasteiger partial charge in [-0.05, 0) is 38.2 Å². The lowest BCUT2D eigenvalue weighted by atomic mass is 10.2. The first-order valence-electron chi connectivity index (χ1n) is 6.04. The van der Waals surface area contributed by atoms with E-state index in [9.17, 15) is 0 Å². The van der Waals surface area contributed by atoms with Crippen LogP contribution in [0.5, 0.6) is 0 Å². The summed E-state index contributed by atoms with van der Waals surface area (Å²) in [6.07, 6.45) is 10.0. The van der Waals surface area contributed by atoms with Crippen LogP contribution in [0.3, 0.4) is 0 Å². The molecule has 2 rings (SSSR count). The Morgan fingerprint density at radius 2 is 2.44 bits per heavy atom. The molecule has 0 aliphatic heterocycles. The van der Waals surface area contributed by atoms with Crippen molar-refractivity contribution in [2.75, 3.05) is 12.0 Å². The number of nitrogens with zero attached hydrogens (tertiary/aromatic N) is 2. The minimum atomic E-state index is 0.593. The van der Waals surface area contributed by atoms with Crippen LogP contribution in [0, 0.1) is 0 Å². The van der Waals surface area contributed by atoms with Gasteiger partial charge < -0.3 is 9.88 Å². The van der Waals surface area contributed by atoms with Gasteiger partial charge in [0.2, 0.25) is 0 Å². The third kappa shape index (κ3) is 3.25. The maximum Gasteiger partial charge on any atom is 0.0951 e. The van der Waals surface area contributed by atoms with E-state index in [1.165, 1.54) is 30.7 Å². The van der Waals surface area contributed by atoms with Gasteiger partial charge in [-0.2, -0.15) is 11.8 Å².